The minimum absolute atomic E-state index is 0. The van der Waals surface area contributed by atoms with Crippen molar-refractivity contribution >= 4 is 29.9 Å². The number of rotatable bonds is 6. The molecule has 5 nitrogen and oxygen atoms in total. The van der Waals surface area contributed by atoms with E-state index < -0.39 is 0 Å². The fraction of sp³-hybridized carbons (Fsp3) is 0.533. The van der Waals surface area contributed by atoms with Crippen LogP contribution in [0.4, 0.5) is 0 Å². The van der Waals surface area contributed by atoms with Crippen LogP contribution < -0.4 is 20.1 Å². The van der Waals surface area contributed by atoms with Crippen LogP contribution >= 0.6 is 24.0 Å². The largest absolute Gasteiger partial charge is 0.493 e. The molecule has 1 aromatic rings. The lowest BCUT2D eigenvalue weighted by molar-refractivity contribution is 0.0950. The number of methoxy groups -OCH3 is 1. The van der Waals surface area contributed by atoms with Gasteiger partial charge in [0.05, 0.1) is 18.7 Å². The molecule has 0 saturated carbocycles. The van der Waals surface area contributed by atoms with Crippen molar-refractivity contribution in [1.82, 2.24) is 10.6 Å². The number of benzene rings is 1. The van der Waals surface area contributed by atoms with E-state index in [1.165, 1.54) is 7.11 Å². The molecule has 0 bridgehead atoms. The molecule has 1 atom stereocenters. The number of halogens is 2. The zero-order chi connectivity index (χ0) is 15.2. The van der Waals surface area contributed by atoms with E-state index in [-0.39, 0.29) is 18.3 Å². The predicted molar refractivity (Wildman–Crippen MR) is 89.8 cm³/mol. The smallest absolute Gasteiger partial charge is 0.251 e. The fourth-order valence-corrected chi connectivity index (χ4v) is 2.65. The standard InChI is InChI=1S/C15H21ClN2O3.ClH/c1-3-21-14-12(16)7-10(8-13(14)20-2)15(19)18-9-11-5-4-6-17-11;/h7-8,11,17H,3-6,9H2,1-2H3,(H,18,19);1H. The van der Waals surface area contributed by atoms with Crippen molar-refractivity contribution in [1.29, 1.82) is 0 Å². The van der Waals surface area contributed by atoms with E-state index in [1.807, 2.05) is 6.92 Å². The Labute approximate surface area is 142 Å². The van der Waals surface area contributed by atoms with E-state index in [0.717, 1.165) is 19.4 Å². The quantitative estimate of drug-likeness (QED) is 0.829. The van der Waals surface area contributed by atoms with Gasteiger partial charge in [-0.15, -0.1) is 12.4 Å². The first-order valence-corrected chi connectivity index (χ1v) is 7.55. The molecule has 1 aromatic carbocycles. The number of hydrogen-bond acceptors (Lipinski definition) is 4. The molecule has 0 radical (unpaired) electrons. The number of ether oxygens (including phenoxy) is 2. The Balaban J connectivity index is 0.00000242. The van der Waals surface area contributed by atoms with Crippen molar-refractivity contribution in [3.8, 4) is 11.5 Å². The summed E-state index contributed by atoms with van der Waals surface area (Å²) in [5.41, 5.74) is 0.471. The average molecular weight is 349 g/mol. The Morgan fingerprint density at radius 2 is 2.27 bits per heavy atom. The van der Waals surface area contributed by atoms with Gasteiger partial charge >= 0.3 is 0 Å². The molecule has 1 fully saturated rings. The fourth-order valence-electron chi connectivity index (χ4n) is 2.38. The normalized spacial score (nSPS) is 16.8. The molecule has 7 heteroatoms. The van der Waals surface area contributed by atoms with Gasteiger partial charge in [-0.25, -0.2) is 0 Å². The van der Waals surface area contributed by atoms with Gasteiger partial charge in [0.1, 0.15) is 0 Å². The van der Waals surface area contributed by atoms with Crippen LogP contribution in [-0.2, 0) is 0 Å². The van der Waals surface area contributed by atoms with Crippen molar-refractivity contribution in [3.63, 3.8) is 0 Å². The highest BCUT2D eigenvalue weighted by Crippen LogP contribution is 2.36. The van der Waals surface area contributed by atoms with Gasteiger partial charge in [0.2, 0.25) is 0 Å². The van der Waals surface area contributed by atoms with Gasteiger partial charge in [0.25, 0.3) is 5.91 Å². The summed E-state index contributed by atoms with van der Waals surface area (Å²) in [6.07, 6.45) is 2.25. The minimum atomic E-state index is -0.160. The summed E-state index contributed by atoms with van der Waals surface area (Å²) in [5, 5.41) is 6.63. The zero-order valence-corrected chi connectivity index (χ0v) is 14.4. The summed E-state index contributed by atoms with van der Waals surface area (Å²) in [5.74, 6) is 0.774. The van der Waals surface area contributed by atoms with Crippen molar-refractivity contribution in [3.05, 3.63) is 22.7 Å². The zero-order valence-electron chi connectivity index (χ0n) is 12.8. The predicted octanol–water partition coefficient (Wildman–Crippen LogP) is 2.65. The summed E-state index contributed by atoms with van der Waals surface area (Å²) in [6, 6.07) is 3.61. The molecule has 2 rings (SSSR count). The van der Waals surface area contributed by atoms with Crippen LogP contribution in [0.25, 0.3) is 0 Å². The third-order valence-electron chi connectivity index (χ3n) is 3.45. The lowest BCUT2D eigenvalue weighted by Crippen LogP contribution is -2.37. The molecule has 1 amide bonds. The first-order valence-electron chi connectivity index (χ1n) is 7.17. The van der Waals surface area contributed by atoms with Crippen molar-refractivity contribution in [2.45, 2.75) is 25.8 Å². The molecule has 1 saturated heterocycles. The Kier molecular flexibility index (Phi) is 7.79. The van der Waals surface area contributed by atoms with Crippen LogP contribution in [0.1, 0.15) is 30.1 Å². The van der Waals surface area contributed by atoms with Crippen LogP contribution in [0.5, 0.6) is 11.5 Å². The summed E-state index contributed by atoms with van der Waals surface area (Å²) >= 11 is 6.17. The lowest BCUT2D eigenvalue weighted by Gasteiger charge is -2.14. The van der Waals surface area contributed by atoms with E-state index in [0.29, 0.717) is 41.3 Å². The maximum Gasteiger partial charge on any atom is 0.251 e. The van der Waals surface area contributed by atoms with Gasteiger partial charge in [-0.3, -0.25) is 4.79 Å². The summed E-state index contributed by atoms with van der Waals surface area (Å²) < 4.78 is 10.7. The number of hydrogen-bond donors (Lipinski definition) is 2. The second-order valence-electron chi connectivity index (χ2n) is 4.93. The molecule has 0 aliphatic carbocycles. The average Bonchev–Trinajstić information content (AvgIpc) is 3.00. The molecule has 124 valence electrons. The molecule has 1 aliphatic rings. The Bertz CT molecular complexity index is 506. The molecule has 0 aromatic heterocycles. The number of nitrogens with one attached hydrogen (secondary N) is 2. The summed E-state index contributed by atoms with van der Waals surface area (Å²) in [7, 11) is 1.53. The van der Waals surface area contributed by atoms with Crippen molar-refractivity contribution in [2.75, 3.05) is 26.8 Å². The van der Waals surface area contributed by atoms with Crippen LogP contribution in [0.15, 0.2) is 12.1 Å². The molecule has 0 spiro atoms. The van der Waals surface area contributed by atoms with Gasteiger partial charge in [-0.05, 0) is 38.4 Å². The minimum Gasteiger partial charge on any atom is -0.493 e. The molecule has 1 heterocycles. The summed E-state index contributed by atoms with van der Waals surface area (Å²) in [6.45, 7) is 3.98. The Morgan fingerprint density at radius 3 is 2.86 bits per heavy atom. The molecule has 22 heavy (non-hydrogen) atoms. The SMILES string of the molecule is CCOc1c(Cl)cc(C(=O)NCC2CCCN2)cc1OC.Cl. The second kappa shape index (κ2) is 9.08. The van der Waals surface area contributed by atoms with Crippen molar-refractivity contribution in [2.24, 2.45) is 0 Å². The van der Waals surface area contributed by atoms with Crippen LogP contribution in [0.3, 0.4) is 0 Å². The summed E-state index contributed by atoms with van der Waals surface area (Å²) in [4.78, 5) is 12.2. The highest BCUT2D eigenvalue weighted by molar-refractivity contribution is 6.32. The molecule has 1 unspecified atom stereocenters. The monoisotopic (exact) mass is 348 g/mol. The van der Waals surface area contributed by atoms with Gasteiger partial charge in [0.15, 0.2) is 11.5 Å². The highest BCUT2D eigenvalue weighted by atomic mass is 35.5. The highest BCUT2D eigenvalue weighted by Gasteiger charge is 2.18. The van der Waals surface area contributed by atoms with E-state index in [9.17, 15) is 4.79 Å². The van der Waals surface area contributed by atoms with Gasteiger partial charge in [0, 0.05) is 18.2 Å². The van der Waals surface area contributed by atoms with Crippen LogP contribution in [0.2, 0.25) is 5.02 Å². The van der Waals surface area contributed by atoms with E-state index in [4.69, 9.17) is 21.1 Å². The first-order chi connectivity index (χ1) is 10.2. The first kappa shape index (κ1) is 18.9. The number of amides is 1. The molecule has 1 aliphatic heterocycles. The molecular weight excluding hydrogens is 327 g/mol. The third kappa shape index (κ3) is 4.66. The Morgan fingerprint density at radius 1 is 1.50 bits per heavy atom. The lowest BCUT2D eigenvalue weighted by atomic mass is 10.1. The topological polar surface area (TPSA) is 59.6 Å². The maximum absolute atomic E-state index is 12.2. The van der Waals surface area contributed by atoms with Gasteiger partial charge in [-0.1, -0.05) is 11.6 Å². The van der Waals surface area contributed by atoms with Crippen LogP contribution in [-0.4, -0.2) is 38.8 Å². The van der Waals surface area contributed by atoms with E-state index >= 15 is 0 Å². The van der Waals surface area contributed by atoms with E-state index in [1.54, 1.807) is 12.1 Å². The van der Waals surface area contributed by atoms with Gasteiger partial charge in [-0.2, -0.15) is 0 Å². The van der Waals surface area contributed by atoms with Gasteiger partial charge < -0.3 is 20.1 Å². The second-order valence-corrected chi connectivity index (χ2v) is 5.33. The number of carbonyl (C=O) groups is 1. The molecule has 2 N–H and O–H groups in total. The number of carbonyl (C=O) groups excluding carboxylic acids is 1. The van der Waals surface area contributed by atoms with Crippen molar-refractivity contribution < 1.29 is 14.3 Å². The maximum atomic E-state index is 12.2. The third-order valence-corrected chi connectivity index (χ3v) is 3.73. The Hall–Kier alpha value is -1.17. The van der Waals surface area contributed by atoms with E-state index in [2.05, 4.69) is 10.6 Å². The molecular formula is C15H22Cl2N2O3. The van der Waals surface area contributed by atoms with Crippen LogP contribution in [0, 0.1) is 0 Å².